The van der Waals surface area contributed by atoms with E-state index >= 15 is 0 Å². The first-order valence-electron chi connectivity index (χ1n) is 12.0. The van der Waals surface area contributed by atoms with Gasteiger partial charge in [-0.1, -0.05) is 12.1 Å². The Hall–Kier alpha value is -3.54. The number of urea groups is 1. The SMILES string of the molecule is COc1ccc(C23CCC(NC(=O)Nc4cccc(F)c4)CC2N(C)CC3)cc1OC.O=C(O)C(F)(F)F. The van der Waals surface area contributed by atoms with E-state index in [4.69, 9.17) is 19.4 Å². The number of benzene rings is 2. The smallest absolute Gasteiger partial charge is 0.490 e. The molecule has 4 rings (SSSR count). The highest BCUT2D eigenvalue weighted by molar-refractivity contribution is 5.89. The minimum absolute atomic E-state index is 0.0333. The molecule has 12 heteroatoms. The van der Waals surface area contributed by atoms with Crippen molar-refractivity contribution in [3.8, 4) is 11.5 Å². The standard InChI is InChI=1S/C24H30FN3O3.C2HF3O2/c1-28-12-11-24(16-7-8-20(30-2)21(13-16)31-3)10-9-19(15-22(24)28)27-23(29)26-18-6-4-5-17(25)14-18;3-2(4,5)1(6)7/h4-8,13-14,19,22H,9-12,15H2,1-3H3,(H2,26,27,29);(H,6,7). The molecule has 2 aliphatic rings. The van der Waals surface area contributed by atoms with Gasteiger partial charge in [-0.3, -0.25) is 0 Å². The molecule has 1 aliphatic carbocycles. The van der Waals surface area contributed by atoms with Gasteiger partial charge >= 0.3 is 18.2 Å². The number of carbonyl (C=O) groups excluding carboxylic acids is 1. The molecule has 2 amide bonds. The molecule has 208 valence electrons. The topological polar surface area (TPSA) is 100 Å². The van der Waals surface area contributed by atoms with Crippen LogP contribution in [0.1, 0.15) is 31.2 Å². The number of likely N-dealkylation sites (tertiary alicyclic amines) is 1. The Kier molecular flexibility index (Phi) is 9.08. The van der Waals surface area contributed by atoms with E-state index < -0.39 is 12.1 Å². The summed E-state index contributed by atoms with van der Waals surface area (Å²) in [6.45, 7) is 1.02. The highest BCUT2D eigenvalue weighted by Gasteiger charge is 2.50. The zero-order valence-electron chi connectivity index (χ0n) is 21.3. The number of aliphatic carboxylic acids is 1. The van der Waals surface area contributed by atoms with Crippen LogP contribution in [0, 0.1) is 5.82 Å². The number of carboxylic acid groups (broad SMARTS) is 1. The Morgan fingerprint density at radius 1 is 1.08 bits per heavy atom. The summed E-state index contributed by atoms with van der Waals surface area (Å²) in [5.41, 5.74) is 1.75. The molecule has 0 spiro atoms. The molecule has 3 N–H and O–H groups in total. The molecule has 1 saturated carbocycles. The van der Waals surface area contributed by atoms with Crippen molar-refractivity contribution in [3.05, 3.63) is 53.8 Å². The van der Waals surface area contributed by atoms with Crippen LogP contribution in [0.4, 0.5) is 28.0 Å². The number of methoxy groups -OCH3 is 2. The third-order valence-corrected chi connectivity index (χ3v) is 7.15. The number of nitrogens with one attached hydrogen (secondary N) is 2. The average molecular weight is 542 g/mol. The fourth-order valence-corrected chi connectivity index (χ4v) is 5.31. The Morgan fingerprint density at radius 3 is 2.37 bits per heavy atom. The molecule has 0 bridgehead atoms. The fourth-order valence-electron chi connectivity index (χ4n) is 5.31. The molecule has 0 radical (unpaired) electrons. The van der Waals surface area contributed by atoms with Gasteiger partial charge in [0.25, 0.3) is 0 Å². The lowest BCUT2D eigenvalue weighted by Crippen LogP contribution is -2.52. The number of alkyl halides is 3. The summed E-state index contributed by atoms with van der Waals surface area (Å²) in [5.74, 6) is -1.65. The Morgan fingerprint density at radius 2 is 1.76 bits per heavy atom. The predicted molar refractivity (Wildman–Crippen MR) is 132 cm³/mol. The van der Waals surface area contributed by atoms with Crippen LogP contribution < -0.4 is 20.1 Å². The summed E-state index contributed by atoms with van der Waals surface area (Å²) in [7, 11) is 5.46. The third kappa shape index (κ3) is 6.66. The average Bonchev–Trinajstić information content (AvgIpc) is 3.20. The van der Waals surface area contributed by atoms with Crippen molar-refractivity contribution < 1.29 is 41.7 Å². The maximum absolute atomic E-state index is 13.4. The van der Waals surface area contributed by atoms with Gasteiger partial charge in [0.2, 0.25) is 0 Å². The molecule has 3 atom stereocenters. The molecular weight excluding hydrogens is 510 g/mol. The number of halogens is 4. The fraction of sp³-hybridized carbons (Fsp3) is 0.462. The first kappa shape index (κ1) is 29.0. The number of fused-ring (bicyclic) bond motifs is 1. The summed E-state index contributed by atoms with van der Waals surface area (Å²) in [6.07, 6.45) is -1.29. The Balaban J connectivity index is 0.000000505. The van der Waals surface area contributed by atoms with Crippen LogP contribution in [0.15, 0.2) is 42.5 Å². The lowest BCUT2D eigenvalue weighted by molar-refractivity contribution is -0.192. The number of anilines is 1. The molecule has 2 fully saturated rings. The van der Waals surface area contributed by atoms with Crippen LogP contribution in [0.25, 0.3) is 0 Å². The van der Waals surface area contributed by atoms with Gasteiger partial charge in [-0.25, -0.2) is 14.0 Å². The van der Waals surface area contributed by atoms with Gasteiger partial charge in [-0.2, -0.15) is 13.2 Å². The first-order chi connectivity index (χ1) is 17.9. The lowest BCUT2D eigenvalue weighted by Gasteiger charge is -2.45. The van der Waals surface area contributed by atoms with Gasteiger partial charge in [0.05, 0.1) is 14.2 Å². The molecule has 1 heterocycles. The molecule has 1 aliphatic heterocycles. The molecule has 3 unspecified atom stereocenters. The molecule has 0 aromatic heterocycles. The number of hydrogen-bond acceptors (Lipinski definition) is 5. The molecular formula is C26H31F4N3O5. The van der Waals surface area contributed by atoms with E-state index in [1.807, 2.05) is 6.07 Å². The minimum atomic E-state index is -5.08. The highest BCUT2D eigenvalue weighted by Crippen LogP contribution is 2.49. The van der Waals surface area contributed by atoms with Crippen LogP contribution in [0.3, 0.4) is 0 Å². The Bertz CT molecular complexity index is 1150. The summed E-state index contributed by atoms with van der Waals surface area (Å²) in [6, 6.07) is 12.2. The summed E-state index contributed by atoms with van der Waals surface area (Å²) in [5, 5.41) is 12.9. The van der Waals surface area contributed by atoms with Gasteiger partial charge in [0.1, 0.15) is 5.82 Å². The van der Waals surface area contributed by atoms with Gasteiger partial charge in [0, 0.05) is 23.2 Å². The minimum Gasteiger partial charge on any atom is -0.493 e. The molecule has 2 aromatic rings. The van der Waals surface area contributed by atoms with E-state index in [0.29, 0.717) is 11.7 Å². The van der Waals surface area contributed by atoms with Crippen molar-refractivity contribution in [1.29, 1.82) is 0 Å². The zero-order valence-corrected chi connectivity index (χ0v) is 21.3. The van der Waals surface area contributed by atoms with Crippen molar-refractivity contribution in [2.24, 2.45) is 0 Å². The van der Waals surface area contributed by atoms with Crippen LogP contribution in [0.2, 0.25) is 0 Å². The van der Waals surface area contributed by atoms with Gasteiger partial charge in [0.15, 0.2) is 11.5 Å². The first-order valence-corrected chi connectivity index (χ1v) is 12.0. The van der Waals surface area contributed by atoms with E-state index in [9.17, 15) is 22.4 Å². The predicted octanol–water partition coefficient (Wildman–Crippen LogP) is 4.79. The summed E-state index contributed by atoms with van der Waals surface area (Å²) in [4.78, 5) is 23.8. The molecule has 38 heavy (non-hydrogen) atoms. The molecule has 8 nitrogen and oxygen atoms in total. The zero-order chi connectivity index (χ0) is 28.1. The van der Waals surface area contributed by atoms with E-state index in [0.717, 1.165) is 43.7 Å². The van der Waals surface area contributed by atoms with E-state index in [1.165, 1.54) is 17.7 Å². The lowest BCUT2D eigenvalue weighted by atomic mass is 9.65. The van der Waals surface area contributed by atoms with E-state index in [1.54, 1.807) is 26.4 Å². The number of rotatable bonds is 5. The second-order valence-corrected chi connectivity index (χ2v) is 9.36. The van der Waals surface area contributed by atoms with E-state index in [2.05, 4.69) is 34.7 Å². The van der Waals surface area contributed by atoms with Crippen molar-refractivity contribution >= 4 is 17.7 Å². The summed E-state index contributed by atoms with van der Waals surface area (Å²) < 4.78 is 56.1. The number of ether oxygens (including phenoxy) is 2. The number of amides is 2. The van der Waals surface area contributed by atoms with Gasteiger partial charge < -0.3 is 30.1 Å². The second kappa shape index (κ2) is 11.9. The van der Waals surface area contributed by atoms with Crippen LogP contribution >= 0.6 is 0 Å². The van der Waals surface area contributed by atoms with Gasteiger partial charge in [-0.05, 0) is 75.2 Å². The maximum Gasteiger partial charge on any atom is 0.490 e. The number of carboxylic acids is 1. The van der Waals surface area contributed by atoms with Crippen molar-refractivity contribution in [3.63, 3.8) is 0 Å². The second-order valence-electron chi connectivity index (χ2n) is 9.36. The highest BCUT2D eigenvalue weighted by atomic mass is 19.4. The number of nitrogens with zero attached hydrogens (tertiary/aromatic N) is 1. The molecule has 2 aromatic carbocycles. The van der Waals surface area contributed by atoms with Crippen molar-refractivity contribution in [2.75, 3.05) is 33.1 Å². The maximum atomic E-state index is 13.4. The van der Waals surface area contributed by atoms with Crippen molar-refractivity contribution in [1.82, 2.24) is 10.2 Å². The third-order valence-electron chi connectivity index (χ3n) is 7.15. The van der Waals surface area contributed by atoms with Crippen LogP contribution in [-0.2, 0) is 10.2 Å². The number of likely N-dealkylation sites (N-methyl/N-ethyl adjacent to an activating group) is 1. The number of hydrogen-bond donors (Lipinski definition) is 3. The normalized spacial score (nSPS) is 22.9. The van der Waals surface area contributed by atoms with Gasteiger partial charge in [-0.15, -0.1) is 0 Å². The monoisotopic (exact) mass is 541 g/mol. The van der Waals surface area contributed by atoms with Crippen molar-refractivity contribution in [2.45, 2.75) is 49.4 Å². The quantitative estimate of drug-likeness (QED) is 0.471. The number of carbonyl (C=O) groups is 2. The Labute approximate surface area is 217 Å². The van der Waals surface area contributed by atoms with E-state index in [-0.39, 0.29) is 23.3 Å². The largest absolute Gasteiger partial charge is 0.493 e. The summed E-state index contributed by atoms with van der Waals surface area (Å²) >= 11 is 0. The van der Waals surface area contributed by atoms with Crippen LogP contribution in [0.5, 0.6) is 11.5 Å². The molecule has 1 saturated heterocycles. The van der Waals surface area contributed by atoms with Crippen LogP contribution in [-0.4, -0.2) is 68.1 Å².